The molecular weight excluding hydrogens is 905 g/mol. The van der Waals surface area contributed by atoms with E-state index in [0.29, 0.717) is 33.6 Å². The maximum Gasteiger partial charge on any atom is 0.331 e. The summed E-state index contributed by atoms with van der Waals surface area (Å²) in [5.41, 5.74) is 9.14. The number of amides is 5. The van der Waals surface area contributed by atoms with Gasteiger partial charge in [0.1, 0.15) is 9.73 Å². The van der Waals surface area contributed by atoms with Crippen LogP contribution in [0.25, 0.3) is 43.4 Å². The molecule has 6 heterocycles. The number of urea groups is 2. The van der Waals surface area contributed by atoms with E-state index in [4.69, 9.17) is 4.98 Å². The van der Waals surface area contributed by atoms with Crippen LogP contribution in [-0.4, -0.2) is 77.1 Å². The van der Waals surface area contributed by atoms with Gasteiger partial charge in [-0.1, -0.05) is 46.9 Å². The maximum atomic E-state index is 13.1. The molecule has 0 radical (unpaired) electrons. The second-order valence-electron chi connectivity index (χ2n) is 16.3. The van der Waals surface area contributed by atoms with Crippen molar-refractivity contribution in [3.63, 3.8) is 0 Å². The highest BCUT2D eigenvalue weighted by Crippen LogP contribution is 2.41. The van der Waals surface area contributed by atoms with Crippen molar-refractivity contribution in [1.82, 2.24) is 35.1 Å². The number of anilines is 2. The Bertz CT molecular complexity index is 3140. The molecule has 2 aliphatic rings. The monoisotopic (exact) mass is 950 g/mol. The Balaban J connectivity index is 0.000000200. The first-order valence-corrected chi connectivity index (χ1v) is 24.2. The third kappa shape index (κ3) is 11.5. The van der Waals surface area contributed by atoms with Gasteiger partial charge < -0.3 is 10.2 Å². The zero-order valence-electron chi connectivity index (χ0n) is 37.7. The number of hydrogen-bond donors (Lipinski definition) is 3. The summed E-state index contributed by atoms with van der Waals surface area (Å²) in [6.45, 7) is 15.2. The van der Waals surface area contributed by atoms with E-state index < -0.39 is 21.7 Å². The fourth-order valence-electron chi connectivity index (χ4n) is 7.41. The molecule has 5 amide bonds. The lowest BCUT2D eigenvalue weighted by molar-refractivity contribution is -0.115. The van der Waals surface area contributed by atoms with Crippen LogP contribution in [0.1, 0.15) is 54.7 Å². The van der Waals surface area contributed by atoms with Crippen molar-refractivity contribution in [1.29, 1.82) is 10.5 Å². The minimum atomic E-state index is -2.97. The van der Waals surface area contributed by atoms with Crippen LogP contribution < -0.4 is 16.0 Å². The van der Waals surface area contributed by atoms with E-state index in [1.807, 2.05) is 95.0 Å². The molecular formula is C48H46N12O4S3. The molecule has 0 aliphatic carbocycles. The van der Waals surface area contributed by atoms with Crippen LogP contribution >= 0.6 is 22.7 Å². The van der Waals surface area contributed by atoms with Crippen molar-refractivity contribution in [2.24, 2.45) is 4.36 Å². The molecule has 0 spiro atoms. The lowest BCUT2D eigenvalue weighted by atomic mass is 10.0. The fourth-order valence-corrected chi connectivity index (χ4v) is 10.6. The van der Waals surface area contributed by atoms with Crippen molar-refractivity contribution in [2.45, 2.75) is 54.0 Å². The third-order valence-electron chi connectivity index (χ3n) is 10.3. The number of carbonyl (C=O) groups excluding carboxylic acids is 3. The first kappa shape index (κ1) is 47.5. The molecule has 2 aromatic carbocycles. The van der Waals surface area contributed by atoms with Crippen LogP contribution in [-0.2, 0) is 14.5 Å². The molecule has 2 aliphatic heterocycles. The summed E-state index contributed by atoms with van der Waals surface area (Å²) in [6, 6.07) is 26.0. The van der Waals surface area contributed by atoms with Crippen LogP contribution in [0.15, 0.2) is 100 Å². The SMILES string of the molecule is CC(=O)N=S1(=O)C=CN(C(=O)Nc2nc(-c3cccc(C#N)c3)c(-c3cc(C)nc(C)c3)s2)C=C1.Cc1cc(-c2sc(NC(=O)N3CCNCC3(C)C)nc2-c2cccc(C#N)c2)cc(C)n1. The summed E-state index contributed by atoms with van der Waals surface area (Å²) < 4.78 is 16.0. The van der Waals surface area contributed by atoms with E-state index >= 15 is 0 Å². The zero-order valence-corrected chi connectivity index (χ0v) is 40.2. The Morgan fingerprint density at radius 3 is 1.61 bits per heavy atom. The number of hydrogen-bond acceptors (Lipinski definition) is 13. The number of aromatic nitrogens is 4. The van der Waals surface area contributed by atoms with Gasteiger partial charge in [-0.05, 0) is 101 Å². The number of thiazole rings is 2. The van der Waals surface area contributed by atoms with Gasteiger partial charge >= 0.3 is 12.1 Å². The standard InChI is InChI=1S/C24H20N6O3S2.C24H26N6OS/c1-15-11-20(12-16(2)26-15)22-21(19-6-4-5-18(13-19)14-25)27-23(34-22)28-24(32)30-7-9-35(33,10-8-30)29-17(3)31;1-15-10-19(11-16(2)27-15)21-20(18-7-5-6-17(12-18)13-25)28-22(32-21)29-23(31)30-9-8-26-14-24(30,3)4/h4-13H,1-3H3,(H,27,28,32);5-7,10-12,26H,8-9,14H2,1-4H3,(H,28,29,31). The molecule has 0 unspecified atom stereocenters. The second kappa shape index (κ2) is 20.0. The minimum absolute atomic E-state index is 0.156. The molecule has 1 fully saturated rings. The average molecular weight is 951 g/mol. The van der Waals surface area contributed by atoms with Gasteiger partial charge in [-0.3, -0.25) is 30.3 Å². The van der Waals surface area contributed by atoms with Gasteiger partial charge in [-0.15, -0.1) is 0 Å². The molecule has 1 saturated heterocycles. The molecule has 67 heavy (non-hydrogen) atoms. The summed E-state index contributed by atoms with van der Waals surface area (Å²) in [5, 5.41) is 31.1. The molecule has 19 heteroatoms. The number of nitrogens with one attached hydrogen (secondary N) is 3. The highest BCUT2D eigenvalue weighted by Gasteiger charge is 2.34. The van der Waals surface area contributed by atoms with E-state index in [2.05, 4.69) is 47.4 Å². The summed E-state index contributed by atoms with van der Waals surface area (Å²) in [6.07, 6.45) is 2.59. The highest BCUT2D eigenvalue weighted by atomic mass is 32.2. The van der Waals surface area contributed by atoms with E-state index in [-0.39, 0.29) is 11.6 Å². The third-order valence-corrected chi connectivity index (χ3v) is 13.9. The molecule has 8 rings (SSSR count). The second-order valence-corrected chi connectivity index (χ2v) is 20.2. The number of nitriles is 2. The van der Waals surface area contributed by atoms with Gasteiger partial charge in [0.05, 0.1) is 49.9 Å². The van der Waals surface area contributed by atoms with Gasteiger partial charge in [0.2, 0.25) is 0 Å². The van der Waals surface area contributed by atoms with Gasteiger partial charge in [0, 0.05) is 83.7 Å². The lowest BCUT2D eigenvalue weighted by Crippen LogP contribution is -2.60. The Kier molecular flexibility index (Phi) is 14.2. The number of benzene rings is 2. The van der Waals surface area contributed by atoms with E-state index in [9.17, 15) is 29.1 Å². The van der Waals surface area contributed by atoms with E-state index in [1.54, 1.807) is 24.3 Å². The minimum Gasteiger partial charge on any atom is -0.317 e. The zero-order chi connectivity index (χ0) is 48.0. The molecule has 16 nitrogen and oxygen atoms in total. The molecule has 3 N–H and O–H groups in total. The quantitative estimate of drug-likeness (QED) is 0.143. The van der Waals surface area contributed by atoms with Crippen molar-refractivity contribution < 1.29 is 18.6 Å². The Morgan fingerprint density at radius 1 is 0.716 bits per heavy atom. The molecule has 0 saturated carbocycles. The highest BCUT2D eigenvalue weighted by molar-refractivity contribution is 7.99. The van der Waals surface area contributed by atoms with Crippen LogP contribution in [0.5, 0.6) is 0 Å². The predicted molar refractivity (Wildman–Crippen MR) is 263 cm³/mol. The van der Waals surface area contributed by atoms with Gasteiger partial charge in [-0.2, -0.15) is 14.9 Å². The summed E-state index contributed by atoms with van der Waals surface area (Å²) >= 11 is 2.73. The summed E-state index contributed by atoms with van der Waals surface area (Å²) in [7, 11) is -2.97. The topological polar surface area (TPSA) is 222 Å². The number of carbonyl (C=O) groups is 3. The Hall–Kier alpha value is -7.42. The van der Waals surface area contributed by atoms with E-state index in [0.717, 1.165) is 73.6 Å². The fraction of sp³-hybridized carbons (Fsp3) is 0.229. The van der Waals surface area contributed by atoms with Crippen LogP contribution in [0.3, 0.4) is 0 Å². The smallest absolute Gasteiger partial charge is 0.317 e. The first-order valence-electron chi connectivity index (χ1n) is 20.9. The van der Waals surface area contributed by atoms with Crippen LogP contribution in [0.2, 0.25) is 0 Å². The Labute approximate surface area is 397 Å². The number of piperazine rings is 1. The maximum absolute atomic E-state index is 13.1. The lowest BCUT2D eigenvalue weighted by Gasteiger charge is -2.42. The first-order chi connectivity index (χ1) is 31.9. The van der Waals surface area contributed by atoms with Crippen LogP contribution in [0.4, 0.5) is 19.9 Å². The number of rotatable bonds is 6. The van der Waals surface area contributed by atoms with Crippen molar-refractivity contribution in [3.05, 3.63) is 130 Å². The number of pyridine rings is 2. The Morgan fingerprint density at radius 2 is 1.18 bits per heavy atom. The van der Waals surface area contributed by atoms with E-state index in [1.165, 1.54) is 57.7 Å². The van der Waals surface area contributed by atoms with Gasteiger partial charge in [0.25, 0.3) is 5.91 Å². The molecule has 0 bridgehead atoms. The van der Waals surface area contributed by atoms with Crippen molar-refractivity contribution in [2.75, 3.05) is 30.3 Å². The molecule has 6 aromatic rings. The van der Waals surface area contributed by atoms with Crippen LogP contribution in [0, 0.1) is 50.4 Å². The molecule has 0 atom stereocenters. The largest absolute Gasteiger partial charge is 0.331 e. The number of aryl methyl sites for hydroxylation is 4. The molecule has 340 valence electrons. The summed E-state index contributed by atoms with van der Waals surface area (Å²) in [4.78, 5) is 60.3. The predicted octanol–water partition coefficient (Wildman–Crippen LogP) is 9.74. The normalized spacial score (nSPS) is 14.5. The van der Waals surface area contributed by atoms with Crippen molar-refractivity contribution >= 4 is 60.6 Å². The van der Waals surface area contributed by atoms with Gasteiger partial charge in [0.15, 0.2) is 10.3 Å². The average Bonchev–Trinajstić information content (AvgIpc) is 3.90. The number of nitrogens with zero attached hydrogens (tertiary/aromatic N) is 9. The summed E-state index contributed by atoms with van der Waals surface area (Å²) in [5.74, 6) is -0.563. The van der Waals surface area contributed by atoms with Crippen molar-refractivity contribution in [3.8, 4) is 55.5 Å². The molecule has 4 aromatic heterocycles. The van der Waals surface area contributed by atoms with Gasteiger partial charge in [-0.25, -0.2) is 23.8 Å².